The van der Waals surface area contributed by atoms with E-state index in [1.54, 1.807) is 19.2 Å². The number of carbonyl (C=O) groups is 1. The van der Waals surface area contributed by atoms with E-state index in [0.717, 1.165) is 16.2 Å². The van der Waals surface area contributed by atoms with Crippen molar-refractivity contribution in [2.24, 2.45) is 0 Å². The van der Waals surface area contributed by atoms with Crippen LogP contribution in [0.25, 0.3) is 0 Å². The van der Waals surface area contributed by atoms with Gasteiger partial charge in [-0.05, 0) is 48.4 Å². The predicted octanol–water partition coefficient (Wildman–Crippen LogP) is 4.14. The number of aliphatic carboxylic acids is 1. The number of hydrogen-bond donors (Lipinski definition) is 1. The summed E-state index contributed by atoms with van der Waals surface area (Å²) in [7, 11) is 1.60. The number of carboxylic acid groups (broad SMARTS) is 1. The van der Waals surface area contributed by atoms with Crippen molar-refractivity contribution in [1.82, 2.24) is 0 Å². The molecule has 0 spiro atoms. The molecule has 0 amide bonds. The second-order valence-electron chi connectivity index (χ2n) is 4.45. The maximum Gasteiger partial charge on any atom is 0.317 e. The Hall–Kier alpha value is -1.65. The minimum Gasteiger partial charge on any atom is -0.497 e. The minimum atomic E-state index is -0.828. The van der Waals surface area contributed by atoms with E-state index in [9.17, 15) is 9.90 Å². The summed E-state index contributed by atoms with van der Waals surface area (Å²) in [4.78, 5) is 12.3. The van der Waals surface area contributed by atoms with Crippen molar-refractivity contribution in [3.05, 3.63) is 59.1 Å². The maximum atomic E-state index is 11.4. The van der Waals surface area contributed by atoms with E-state index in [4.69, 9.17) is 16.3 Å². The Bertz CT molecular complexity index is 596. The number of methoxy groups -OCH3 is 1. The molecule has 0 radical (unpaired) electrons. The van der Waals surface area contributed by atoms with Crippen LogP contribution in [0.2, 0.25) is 5.02 Å². The Kier molecular flexibility index (Phi) is 5.53. The van der Waals surface area contributed by atoms with Crippen LogP contribution in [-0.4, -0.2) is 23.4 Å². The smallest absolute Gasteiger partial charge is 0.317 e. The molecule has 0 saturated carbocycles. The van der Waals surface area contributed by atoms with E-state index >= 15 is 0 Å². The van der Waals surface area contributed by atoms with Crippen LogP contribution in [0.4, 0.5) is 0 Å². The third kappa shape index (κ3) is 4.69. The summed E-state index contributed by atoms with van der Waals surface area (Å²) < 4.78 is 5.09. The summed E-state index contributed by atoms with van der Waals surface area (Å²) >= 11 is 7.15. The van der Waals surface area contributed by atoms with Gasteiger partial charge in [-0.3, -0.25) is 4.79 Å². The highest BCUT2D eigenvalue weighted by atomic mass is 35.5. The molecule has 2 rings (SSSR count). The lowest BCUT2D eigenvalue weighted by molar-refractivity contribution is -0.136. The first-order valence-corrected chi connectivity index (χ1v) is 7.62. The highest BCUT2D eigenvalue weighted by Gasteiger charge is 2.19. The van der Waals surface area contributed by atoms with Gasteiger partial charge in [0, 0.05) is 9.92 Å². The average molecular weight is 323 g/mol. The summed E-state index contributed by atoms with van der Waals surface area (Å²) in [5.41, 5.74) is 0.963. The normalized spacial score (nSPS) is 11.9. The van der Waals surface area contributed by atoms with Crippen LogP contribution < -0.4 is 4.74 Å². The molecule has 0 fully saturated rings. The van der Waals surface area contributed by atoms with Crippen molar-refractivity contribution in [3.63, 3.8) is 0 Å². The molecule has 0 bridgehead atoms. The second kappa shape index (κ2) is 7.38. The molecule has 0 unspecified atom stereocenters. The zero-order chi connectivity index (χ0) is 15.2. The third-order valence-electron chi connectivity index (χ3n) is 2.95. The first-order valence-electron chi connectivity index (χ1n) is 6.36. The molecule has 110 valence electrons. The Balaban J connectivity index is 2.07. The number of ether oxygens (including phenoxy) is 1. The fraction of sp³-hybridized carbons (Fsp3) is 0.188. The van der Waals surface area contributed by atoms with Gasteiger partial charge >= 0.3 is 5.97 Å². The van der Waals surface area contributed by atoms with E-state index in [1.807, 2.05) is 36.4 Å². The van der Waals surface area contributed by atoms with E-state index in [1.165, 1.54) is 11.8 Å². The number of carboxylic acids is 1. The number of benzene rings is 2. The van der Waals surface area contributed by atoms with Crippen LogP contribution in [0, 0.1) is 0 Å². The summed E-state index contributed by atoms with van der Waals surface area (Å²) in [6.07, 6.45) is 0.451. The van der Waals surface area contributed by atoms with Crippen molar-refractivity contribution in [3.8, 4) is 5.75 Å². The Labute approximate surface area is 132 Å². The van der Waals surface area contributed by atoms with Crippen molar-refractivity contribution in [2.75, 3.05) is 7.11 Å². The van der Waals surface area contributed by atoms with E-state index in [2.05, 4.69) is 0 Å². The van der Waals surface area contributed by atoms with Gasteiger partial charge in [0.2, 0.25) is 0 Å². The summed E-state index contributed by atoms with van der Waals surface area (Å²) in [6, 6.07) is 14.6. The van der Waals surface area contributed by atoms with E-state index in [-0.39, 0.29) is 0 Å². The third-order valence-corrected chi connectivity index (χ3v) is 4.40. The van der Waals surface area contributed by atoms with Crippen molar-refractivity contribution < 1.29 is 14.6 Å². The molecule has 0 aliphatic rings. The molecule has 0 aromatic heterocycles. The maximum absolute atomic E-state index is 11.4. The Morgan fingerprint density at radius 3 is 2.33 bits per heavy atom. The van der Waals surface area contributed by atoms with Gasteiger partial charge in [-0.25, -0.2) is 0 Å². The van der Waals surface area contributed by atoms with Gasteiger partial charge in [-0.15, -0.1) is 11.8 Å². The fourth-order valence-corrected chi connectivity index (χ4v) is 2.96. The average Bonchev–Trinajstić information content (AvgIpc) is 2.49. The molecule has 1 N–H and O–H groups in total. The quantitative estimate of drug-likeness (QED) is 0.812. The van der Waals surface area contributed by atoms with Gasteiger partial charge in [0.05, 0.1) is 7.11 Å². The molecular formula is C16H15ClO3S. The molecule has 21 heavy (non-hydrogen) atoms. The Morgan fingerprint density at radius 1 is 1.19 bits per heavy atom. The van der Waals surface area contributed by atoms with Gasteiger partial charge in [-0.2, -0.15) is 0 Å². The monoisotopic (exact) mass is 322 g/mol. The molecule has 0 saturated heterocycles. The molecule has 2 aromatic carbocycles. The number of thioether (sulfide) groups is 1. The van der Waals surface area contributed by atoms with Crippen molar-refractivity contribution in [2.45, 2.75) is 16.6 Å². The molecule has 3 nitrogen and oxygen atoms in total. The molecule has 1 atom stereocenters. The predicted molar refractivity (Wildman–Crippen MR) is 85.4 cm³/mol. The van der Waals surface area contributed by atoms with Gasteiger partial charge in [0.25, 0.3) is 0 Å². The molecule has 5 heteroatoms. The van der Waals surface area contributed by atoms with Crippen LogP contribution in [0.1, 0.15) is 5.56 Å². The SMILES string of the molecule is COc1ccc(C[C@@H](Sc2ccc(Cl)cc2)C(=O)O)cc1. The van der Waals surface area contributed by atoms with Crippen LogP contribution in [0.3, 0.4) is 0 Å². The molecular weight excluding hydrogens is 308 g/mol. The topological polar surface area (TPSA) is 46.5 Å². The number of hydrogen-bond acceptors (Lipinski definition) is 3. The van der Waals surface area contributed by atoms with Gasteiger partial charge in [-0.1, -0.05) is 23.7 Å². The van der Waals surface area contributed by atoms with Crippen molar-refractivity contribution in [1.29, 1.82) is 0 Å². The first kappa shape index (κ1) is 15.7. The minimum absolute atomic E-state index is 0.451. The zero-order valence-corrected chi connectivity index (χ0v) is 13.0. The molecule has 2 aromatic rings. The summed E-state index contributed by atoms with van der Waals surface area (Å²) in [5.74, 6) is -0.0678. The van der Waals surface area contributed by atoms with Crippen LogP contribution >= 0.6 is 23.4 Å². The van der Waals surface area contributed by atoms with Crippen LogP contribution in [0.15, 0.2) is 53.4 Å². The fourth-order valence-electron chi connectivity index (χ4n) is 1.83. The molecule has 0 heterocycles. The second-order valence-corrected chi connectivity index (χ2v) is 6.16. The lowest BCUT2D eigenvalue weighted by Crippen LogP contribution is -2.19. The van der Waals surface area contributed by atoms with Crippen LogP contribution in [0.5, 0.6) is 5.75 Å². The van der Waals surface area contributed by atoms with Crippen LogP contribution in [-0.2, 0) is 11.2 Å². The number of rotatable bonds is 6. The van der Waals surface area contributed by atoms with Gasteiger partial charge in [0.1, 0.15) is 11.0 Å². The zero-order valence-electron chi connectivity index (χ0n) is 11.5. The highest BCUT2D eigenvalue weighted by molar-refractivity contribution is 8.00. The largest absolute Gasteiger partial charge is 0.497 e. The summed E-state index contributed by atoms with van der Waals surface area (Å²) in [6.45, 7) is 0. The van der Waals surface area contributed by atoms with E-state index in [0.29, 0.717) is 11.4 Å². The Morgan fingerprint density at radius 2 is 1.81 bits per heavy atom. The highest BCUT2D eigenvalue weighted by Crippen LogP contribution is 2.27. The first-order chi connectivity index (χ1) is 10.1. The standard InChI is InChI=1S/C16H15ClO3S/c1-20-13-6-2-11(3-7-13)10-15(16(18)19)21-14-8-4-12(17)5-9-14/h2-9,15H,10H2,1H3,(H,18,19)/t15-/m1/s1. The van der Waals surface area contributed by atoms with Gasteiger partial charge in [0.15, 0.2) is 0 Å². The van der Waals surface area contributed by atoms with Gasteiger partial charge < -0.3 is 9.84 Å². The van der Waals surface area contributed by atoms with E-state index < -0.39 is 11.2 Å². The lowest BCUT2D eigenvalue weighted by atomic mass is 10.1. The number of halogens is 1. The molecule has 0 aliphatic carbocycles. The summed E-state index contributed by atoms with van der Waals surface area (Å²) in [5, 5.41) is 9.48. The van der Waals surface area contributed by atoms with Crippen molar-refractivity contribution >= 4 is 29.3 Å². The lowest BCUT2D eigenvalue weighted by Gasteiger charge is -2.12. The molecule has 0 aliphatic heterocycles.